The zero-order chi connectivity index (χ0) is 19.5. The summed E-state index contributed by atoms with van der Waals surface area (Å²) < 4.78 is 2.20. The van der Waals surface area contributed by atoms with Crippen LogP contribution in [0, 0.1) is 5.92 Å². The Morgan fingerprint density at radius 2 is 2.11 bits per heavy atom. The highest BCUT2D eigenvalue weighted by atomic mass is 32.2. The molecule has 2 atom stereocenters. The van der Waals surface area contributed by atoms with E-state index in [1.807, 2.05) is 12.1 Å². The maximum Gasteiger partial charge on any atom is 0.239 e. The summed E-state index contributed by atoms with van der Waals surface area (Å²) in [6.45, 7) is 2.81. The molecule has 2 aromatic heterocycles. The number of carbonyl (C=O) groups is 2. The fourth-order valence-corrected chi connectivity index (χ4v) is 5.03. The number of carbonyl (C=O) groups excluding carboxylic acids is 2. The van der Waals surface area contributed by atoms with Gasteiger partial charge in [0.2, 0.25) is 11.8 Å². The third-order valence-electron chi connectivity index (χ3n) is 5.68. The minimum atomic E-state index is -0.137. The highest BCUT2D eigenvalue weighted by Crippen LogP contribution is 2.38. The third-order valence-corrected chi connectivity index (χ3v) is 6.61. The van der Waals surface area contributed by atoms with Crippen LogP contribution in [0.2, 0.25) is 0 Å². The minimum absolute atomic E-state index is 0.0657. The maximum absolute atomic E-state index is 12.5. The van der Waals surface area contributed by atoms with Gasteiger partial charge >= 0.3 is 0 Å². The van der Waals surface area contributed by atoms with Crippen molar-refractivity contribution in [2.75, 3.05) is 12.3 Å². The van der Waals surface area contributed by atoms with Gasteiger partial charge in [-0.1, -0.05) is 31.5 Å². The summed E-state index contributed by atoms with van der Waals surface area (Å²) in [4.78, 5) is 29.9. The van der Waals surface area contributed by atoms with Crippen molar-refractivity contribution in [3.8, 4) is 11.4 Å². The quantitative estimate of drug-likeness (QED) is 0.718. The summed E-state index contributed by atoms with van der Waals surface area (Å²) in [7, 11) is 0. The highest BCUT2D eigenvalue weighted by molar-refractivity contribution is 7.99. The van der Waals surface area contributed by atoms with Gasteiger partial charge in [0, 0.05) is 37.0 Å². The highest BCUT2D eigenvalue weighted by Gasteiger charge is 2.30. The molecule has 28 heavy (non-hydrogen) atoms. The molecule has 0 radical (unpaired) electrons. The molecular weight excluding hydrogens is 374 g/mol. The van der Waals surface area contributed by atoms with Gasteiger partial charge in [-0.3, -0.25) is 24.0 Å². The SMILES string of the molecule is C[C@H]1CCCC[C@H]1n1c(SCC(=O)N2CCCC2=O)nnc1-c1cccnc1. The van der Waals surface area contributed by atoms with E-state index >= 15 is 0 Å². The number of nitrogens with zero attached hydrogens (tertiary/aromatic N) is 5. The van der Waals surface area contributed by atoms with E-state index in [4.69, 9.17) is 0 Å². The van der Waals surface area contributed by atoms with Gasteiger partial charge in [-0.25, -0.2) is 0 Å². The minimum Gasteiger partial charge on any atom is -0.299 e. The van der Waals surface area contributed by atoms with E-state index < -0.39 is 0 Å². The molecule has 1 saturated heterocycles. The van der Waals surface area contributed by atoms with Crippen molar-refractivity contribution in [3.05, 3.63) is 24.5 Å². The van der Waals surface area contributed by atoms with Crippen molar-refractivity contribution in [1.29, 1.82) is 0 Å². The molecular formula is C20H25N5O2S. The van der Waals surface area contributed by atoms with E-state index in [1.54, 1.807) is 12.4 Å². The molecule has 3 heterocycles. The Hall–Kier alpha value is -2.22. The third kappa shape index (κ3) is 3.83. The van der Waals surface area contributed by atoms with Crippen molar-refractivity contribution < 1.29 is 9.59 Å². The number of pyridine rings is 1. The van der Waals surface area contributed by atoms with Gasteiger partial charge in [0.05, 0.1) is 5.75 Å². The molecule has 0 aromatic carbocycles. The van der Waals surface area contributed by atoms with Gasteiger partial charge in [-0.2, -0.15) is 0 Å². The summed E-state index contributed by atoms with van der Waals surface area (Å²) in [5.41, 5.74) is 0.931. The first-order chi connectivity index (χ1) is 13.6. The Bertz CT molecular complexity index is 854. The van der Waals surface area contributed by atoms with Crippen molar-refractivity contribution in [1.82, 2.24) is 24.6 Å². The first-order valence-electron chi connectivity index (χ1n) is 9.96. The molecule has 2 amide bonds. The van der Waals surface area contributed by atoms with Crippen LogP contribution in [0.1, 0.15) is 51.5 Å². The molecule has 4 rings (SSSR count). The van der Waals surface area contributed by atoms with Crippen molar-refractivity contribution in [2.24, 2.45) is 5.92 Å². The molecule has 1 aliphatic heterocycles. The van der Waals surface area contributed by atoms with Gasteiger partial charge < -0.3 is 0 Å². The Balaban J connectivity index is 1.60. The lowest BCUT2D eigenvalue weighted by atomic mass is 9.85. The number of hydrogen-bond acceptors (Lipinski definition) is 6. The number of imide groups is 1. The topological polar surface area (TPSA) is 81.0 Å². The summed E-state index contributed by atoms with van der Waals surface area (Å²) in [5.74, 6) is 1.33. The van der Waals surface area contributed by atoms with Crippen LogP contribution >= 0.6 is 11.8 Å². The first-order valence-corrected chi connectivity index (χ1v) is 10.9. The smallest absolute Gasteiger partial charge is 0.239 e. The largest absolute Gasteiger partial charge is 0.299 e. The van der Waals surface area contributed by atoms with Crippen molar-refractivity contribution >= 4 is 23.6 Å². The predicted molar refractivity (Wildman–Crippen MR) is 107 cm³/mol. The van der Waals surface area contributed by atoms with Gasteiger partial charge in [0.1, 0.15) is 0 Å². The Labute approximate surface area is 168 Å². The summed E-state index contributed by atoms with van der Waals surface area (Å²) >= 11 is 1.38. The van der Waals surface area contributed by atoms with Gasteiger partial charge in [0.15, 0.2) is 11.0 Å². The van der Waals surface area contributed by atoms with Crippen LogP contribution in [0.5, 0.6) is 0 Å². The van der Waals surface area contributed by atoms with Crippen molar-refractivity contribution in [2.45, 2.75) is 56.6 Å². The van der Waals surface area contributed by atoms with Crippen LogP contribution in [-0.4, -0.2) is 48.8 Å². The predicted octanol–water partition coefficient (Wildman–Crippen LogP) is 3.33. The molecule has 0 bridgehead atoms. The van der Waals surface area contributed by atoms with Gasteiger partial charge in [0.25, 0.3) is 0 Å². The average molecular weight is 400 g/mol. The zero-order valence-corrected chi connectivity index (χ0v) is 16.9. The van der Waals surface area contributed by atoms with E-state index in [2.05, 4.69) is 26.7 Å². The summed E-state index contributed by atoms with van der Waals surface area (Å²) in [6.07, 6.45) is 9.48. The Morgan fingerprint density at radius 1 is 1.25 bits per heavy atom. The number of hydrogen-bond donors (Lipinski definition) is 0. The monoisotopic (exact) mass is 399 g/mol. The van der Waals surface area contributed by atoms with Crippen molar-refractivity contribution in [3.63, 3.8) is 0 Å². The average Bonchev–Trinajstić information content (AvgIpc) is 3.33. The first kappa shape index (κ1) is 19.1. The lowest BCUT2D eigenvalue weighted by molar-refractivity contribution is -0.140. The van der Waals surface area contributed by atoms with Gasteiger partial charge in [-0.05, 0) is 37.3 Å². The zero-order valence-electron chi connectivity index (χ0n) is 16.1. The molecule has 2 aromatic rings. The standard InChI is InChI=1S/C20H25N5O2S/c1-14-6-2-3-8-16(14)25-19(15-7-4-10-21-12-15)22-23-20(25)28-13-18(27)24-11-5-9-17(24)26/h4,7,10,12,14,16H,2-3,5-6,8-9,11,13H2,1H3/t14-,16+/m0/s1. The molecule has 148 valence electrons. The van der Waals surface area contributed by atoms with E-state index in [9.17, 15) is 9.59 Å². The molecule has 8 heteroatoms. The molecule has 2 aliphatic rings. The lowest BCUT2D eigenvalue weighted by Crippen LogP contribution is -2.33. The Morgan fingerprint density at radius 3 is 2.82 bits per heavy atom. The molecule has 0 unspecified atom stereocenters. The second-order valence-electron chi connectivity index (χ2n) is 7.58. The van der Waals surface area contributed by atoms with E-state index in [1.165, 1.54) is 35.9 Å². The number of amides is 2. The molecule has 0 N–H and O–H groups in total. The maximum atomic E-state index is 12.5. The van der Waals surface area contributed by atoms with Gasteiger partial charge in [-0.15, -0.1) is 10.2 Å². The Kier molecular flexibility index (Phi) is 5.75. The summed E-state index contributed by atoms with van der Waals surface area (Å²) in [6, 6.07) is 4.20. The number of thioether (sulfide) groups is 1. The molecule has 1 aliphatic carbocycles. The van der Waals surface area contributed by atoms with Crippen LogP contribution in [-0.2, 0) is 9.59 Å². The fraction of sp³-hybridized carbons (Fsp3) is 0.550. The van der Waals surface area contributed by atoms with Crippen LogP contribution in [0.4, 0.5) is 0 Å². The molecule has 7 nitrogen and oxygen atoms in total. The van der Waals surface area contributed by atoms with Crippen LogP contribution < -0.4 is 0 Å². The fourth-order valence-electron chi connectivity index (χ4n) is 4.16. The second-order valence-corrected chi connectivity index (χ2v) is 8.52. The number of rotatable bonds is 5. The number of likely N-dealkylation sites (tertiary alicyclic amines) is 1. The van der Waals surface area contributed by atoms with E-state index in [-0.39, 0.29) is 17.6 Å². The lowest BCUT2D eigenvalue weighted by Gasteiger charge is -2.31. The molecule has 2 fully saturated rings. The van der Waals surface area contributed by atoms with Crippen LogP contribution in [0.15, 0.2) is 29.7 Å². The van der Waals surface area contributed by atoms with Crippen LogP contribution in [0.3, 0.4) is 0 Å². The molecule has 0 spiro atoms. The van der Waals surface area contributed by atoms with E-state index in [0.717, 1.165) is 29.4 Å². The van der Waals surface area contributed by atoms with Crippen LogP contribution in [0.25, 0.3) is 11.4 Å². The second kappa shape index (κ2) is 8.43. The summed E-state index contributed by atoms with van der Waals surface area (Å²) in [5, 5.41) is 9.61. The van der Waals surface area contributed by atoms with E-state index in [0.29, 0.717) is 24.9 Å². The molecule has 1 saturated carbocycles. The normalized spacial score (nSPS) is 22.6. The number of aromatic nitrogens is 4.